The van der Waals surface area contributed by atoms with Gasteiger partial charge >= 0.3 is 6.11 Å². The average molecular weight is 318 g/mol. The molecule has 4 nitrogen and oxygen atoms in total. The Labute approximate surface area is 110 Å². The van der Waals surface area contributed by atoms with E-state index in [-0.39, 0.29) is 12.5 Å². The third-order valence-electron chi connectivity index (χ3n) is 2.82. The molecule has 0 bridgehead atoms. The van der Waals surface area contributed by atoms with Crippen LogP contribution in [0.4, 0.5) is 8.78 Å². The van der Waals surface area contributed by atoms with E-state index >= 15 is 0 Å². The van der Waals surface area contributed by atoms with Gasteiger partial charge in [-0.25, -0.2) is 0 Å². The van der Waals surface area contributed by atoms with Crippen LogP contribution >= 0.6 is 15.9 Å². The molecule has 18 heavy (non-hydrogen) atoms. The fraction of sp³-hybridized carbons (Fsp3) is 0.455. The van der Waals surface area contributed by atoms with E-state index in [1.165, 1.54) is 10.6 Å². The van der Waals surface area contributed by atoms with Crippen molar-refractivity contribution in [2.24, 2.45) is 5.92 Å². The van der Waals surface area contributed by atoms with Crippen LogP contribution in [0.5, 0.6) is 0 Å². The third-order valence-corrected chi connectivity index (χ3v) is 3.29. The fourth-order valence-corrected chi connectivity index (χ4v) is 1.97. The van der Waals surface area contributed by atoms with Crippen LogP contribution in [0.2, 0.25) is 0 Å². The summed E-state index contributed by atoms with van der Waals surface area (Å²) in [7, 11) is 0. The zero-order valence-corrected chi connectivity index (χ0v) is 10.9. The van der Waals surface area contributed by atoms with E-state index in [1.54, 1.807) is 12.1 Å². The van der Waals surface area contributed by atoms with E-state index in [0.717, 1.165) is 12.8 Å². The summed E-state index contributed by atoms with van der Waals surface area (Å²) in [6.07, 6.45) is 0.00623. The lowest BCUT2D eigenvalue weighted by Crippen LogP contribution is -2.23. The van der Waals surface area contributed by atoms with Gasteiger partial charge in [-0.3, -0.25) is 4.40 Å². The number of ether oxygens (including phenoxy) is 1. The Kier molecular flexibility index (Phi) is 2.82. The number of hydrogen-bond donors (Lipinski definition) is 0. The number of alkyl halides is 2. The van der Waals surface area contributed by atoms with Crippen molar-refractivity contribution in [3.05, 3.63) is 28.6 Å². The van der Waals surface area contributed by atoms with Gasteiger partial charge in [0, 0.05) is 10.7 Å². The van der Waals surface area contributed by atoms with E-state index in [2.05, 4.69) is 30.9 Å². The maximum absolute atomic E-state index is 13.9. The van der Waals surface area contributed by atoms with Crippen molar-refractivity contribution in [3.63, 3.8) is 0 Å². The summed E-state index contributed by atoms with van der Waals surface area (Å²) in [4.78, 5) is 0. The highest BCUT2D eigenvalue weighted by molar-refractivity contribution is 9.10. The van der Waals surface area contributed by atoms with E-state index in [4.69, 9.17) is 0 Å². The van der Waals surface area contributed by atoms with Crippen LogP contribution in [0.15, 0.2) is 22.8 Å². The van der Waals surface area contributed by atoms with E-state index in [1.807, 2.05) is 0 Å². The molecule has 1 saturated carbocycles. The van der Waals surface area contributed by atoms with E-state index < -0.39 is 11.9 Å². The minimum Gasteiger partial charge on any atom is -0.314 e. The molecule has 1 aliphatic carbocycles. The minimum atomic E-state index is -3.41. The summed E-state index contributed by atoms with van der Waals surface area (Å²) in [6, 6.07) is 3.33. The Morgan fingerprint density at radius 2 is 2.17 bits per heavy atom. The molecule has 0 amide bonds. The highest BCUT2D eigenvalue weighted by Crippen LogP contribution is 2.34. The lowest BCUT2D eigenvalue weighted by atomic mass is 10.4. The molecule has 7 heteroatoms. The molecule has 0 saturated heterocycles. The van der Waals surface area contributed by atoms with Crippen LogP contribution in [0.3, 0.4) is 0 Å². The van der Waals surface area contributed by atoms with Crippen LogP contribution in [0.1, 0.15) is 18.7 Å². The second-order valence-electron chi connectivity index (χ2n) is 4.37. The Bertz CT molecular complexity index is 583. The van der Waals surface area contributed by atoms with Crippen molar-refractivity contribution in [2.45, 2.75) is 19.0 Å². The molecule has 2 aromatic heterocycles. The van der Waals surface area contributed by atoms with Crippen molar-refractivity contribution in [2.75, 3.05) is 6.61 Å². The van der Waals surface area contributed by atoms with Crippen molar-refractivity contribution in [3.8, 4) is 0 Å². The van der Waals surface area contributed by atoms with Gasteiger partial charge in [0.15, 0.2) is 5.65 Å². The summed E-state index contributed by atoms with van der Waals surface area (Å²) >= 11 is 3.23. The zero-order valence-electron chi connectivity index (χ0n) is 9.31. The first-order valence-electron chi connectivity index (χ1n) is 5.59. The molecule has 2 aromatic rings. The normalized spacial score (nSPS) is 16.4. The molecule has 1 fully saturated rings. The van der Waals surface area contributed by atoms with Gasteiger partial charge in [0.2, 0.25) is 5.82 Å². The van der Waals surface area contributed by atoms with Crippen molar-refractivity contribution < 1.29 is 13.5 Å². The monoisotopic (exact) mass is 317 g/mol. The van der Waals surface area contributed by atoms with Crippen LogP contribution in [0, 0.1) is 5.92 Å². The Balaban J connectivity index is 1.93. The maximum atomic E-state index is 13.9. The molecular weight excluding hydrogens is 308 g/mol. The number of pyridine rings is 1. The van der Waals surface area contributed by atoms with Gasteiger partial charge < -0.3 is 4.74 Å². The molecule has 3 rings (SSSR count). The molecule has 0 N–H and O–H groups in total. The number of rotatable bonds is 4. The fourth-order valence-electron chi connectivity index (χ4n) is 1.63. The third kappa shape index (κ3) is 2.24. The largest absolute Gasteiger partial charge is 0.418 e. The highest BCUT2D eigenvalue weighted by Gasteiger charge is 2.40. The molecule has 0 aromatic carbocycles. The van der Waals surface area contributed by atoms with Crippen LogP contribution in [-0.2, 0) is 10.8 Å². The minimum absolute atomic E-state index is 0.0654. The van der Waals surface area contributed by atoms with Crippen LogP contribution in [0.25, 0.3) is 5.65 Å². The first-order valence-corrected chi connectivity index (χ1v) is 6.38. The predicted molar refractivity (Wildman–Crippen MR) is 63.3 cm³/mol. The molecule has 0 atom stereocenters. The molecule has 96 valence electrons. The Hall–Kier alpha value is -1.08. The number of halogens is 3. The van der Waals surface area contributed by atoms with Gasteiger partial charge in [-0.1, -0.05) is 0 Å². The van der Waals surface area contributed by atoms with Crippen LogP contribution < -0.4 is 0 Å². The molecular formula is C11H10BrF2N3O. The number of nitrogens with zero attached hydrogens (tertiary/aromatic N) is 3. The van der Waals surface area contributed by atoms with Gasteiger partial charge in [-0.2, -0.15) is 8.78 Å². The van der Waals surface area contributed by atoms with Gasteiger partial charge in [-0.15, -0.1) is 10.2 Å². The Morgan fingerprint density at radius 3 is 2.89 bits per heavy atom. The topological polar surface area (TPSA) is 39.4 Å². The summed E-state index contributed by atoms with van der Waals surface area (Å²) in [6.45, 7) is 0.0654. The molecule has 0 aliphatic heterocycles. The SMILES string of the molecule is FC(F)(OCC1CC1)c1nnc2ccc(Br)cn12. The lowest BCUT2D eigenvalue weighted by Gasteiger charge is -2.14. The van der Waals surface area contributed by atoms with Gasteiger partial charge in [0.1, 0.15) is 0 Å². The summed E-state index contributed by atoms with van der Waals surface area (Å²) < 4.78 is 34.3. The second-order valence-corrected chi connectivity index (χ2v) is 5.29. The first-order chi connectivity index (χ1) is 8.56. The molecule has 0 radical (unpaired) electrons. The molecule has 0 unspecified atom stereocenters. The smallest absolute Gasteiger partial charge is 0.314 e. The van der Waals surface area contributed by atoms with Gasteiger partial charge in [-0.05, 0) is 46.8 Å². The van der Waals surface area contributed by atoms with E-state index in [0.29, 0.717) is 10.1 Å². The lowest BCUT2D eigenvalue weighted by molar-refractivity contribution is -0.256. The second kappa shape index (κ2) is 4.24. The standard InChI is InChI=1S/C11H10BrF2N3O/c12-8-3-4-9-15-16-10(17(9)5-8)11(13,14)18-6-7-1-2-7/h3-5,7H,1-2,6H2. The quantitative estimate of drug-likeness (QED) is 0.870. The highest BCUT2D eigenvalue weighted by atomic mass is 79.9. The Morgan fingerprint density at radius 1 is 1.39 bits per heavy atom. The van der Waals surface area contributed by atoms with Crippen molar-refractivity contribution in [1.29, 1.82) is 0 Å². The van der Waals surface area contributed by atoms with Gasteiger partial charge in [0.05, 0.1) is 6.61 Å². The number of hydrogen-bond acceptors (Lipinski definition) is 3. The summed E-state index contributed by atoms with van der Waals surface area (Å²) in [5.74, 6) is -0.221. The van der Waals surface area contributed by atoms with Crippen molar-refractivity contribution >= 4 is 21.6 Å². The summed E-state index contributed by atoms with van der Waals surface area (Å²) in [5, 5.41) is 7.22. The number of aromatic nitrogens is 3. The maximum Gasteiger partial charge on any atom is 0.418 e. The average Bonchev–Trinajstić information content (AvgIpc) is 3.05. The first kappa shape index (κ1) is 12.0. The summed E-state index contributed by atoms with van der Waals surface area (Å²) in [5.41, 5.74) is 0.364. The number of fused-ring (bicyclic) bond motifs is 1. The predicted octanol–water partition coefficient (Wildman–Crippen LogP) is 2.97. The van der Waals surface area contributed by atoms with Crippen LogP contribution in [-0.4, -0.2) is 21.2 Å². The molecule has 1 aliphatic rings. The van der Waals surface area contributed by atoms with E-state index in [9.17, 15) is 8.78 Å². The zero-order chi connectivity index (χ0) is 12.8. The molecule has 2 heterocycles. The van der Waals surface area contributed by atoms with Crippen molar-refractivity contribution in [1.82, 2.24) is 14.6 Å². The molecule has 0 spiro atoms. The van der Waals surface area contributed by atoms with Gasteiger partial charge in [0.25, 0.3) is 0 Å².